The van der Waals surface area contributed by atoms with Crippen LogP contribution in [0.1, 0.15) is 59.5 Å². The van der Waals surface area contributed by atoms with E-state index in [0.717, 1.165) is 37.8 Å². The van der Waals surface area contributed by atoms with E-state index in [-0.39, 0.29) is 11.8 Å². The molecule has 5 nitrogen and oxygen atoms in total. The summed E-state index contributed by atoms with van der Waals surface area (Å²) in [7, 11) is 0. The number of nitrogens with zero attached hydrogens (tertiary/aromatic N) is 1. The van der Waals surface area contributed by atoms with E-state index in [1.807, 2.05) is 79.7 Å². The maximum absolute atomic E-state index is 14.4. The summed E-state index contributed by atoms with van der Waals surface area (Å²) in [6.45, 7) is 1.95. The molecule has 0 saturated heterocycles. The first-order valence-corrected chi connectivity index (χ1v) is 14.4. The van der Waals surface area contributed by atoms with Gasteiger partial charge < -0.3 is 10.4 Å². The van der Waals surface area contributed by atoms with E-state index in [2.05, 4.69) is 21.2 Å². The molecule has 3 saturated carbocycles. The Morgan fingerprint density at radius 2 is 1.74 bits per heavy atom. The molecule has 1 heterocycles. The van der Waals surface area contributed by atoms with E-state index < -0.39 is 16.9 Å². The zero-order chi connectivity index (χ0) is 27.4. The SMILES string of the molecule is Cc1c(-c2ccccc2)nc2ccc(Br)cc2c1C(=O)NC12CCC(C(=O)O)(CC1)C[C@@H]2c1cccc(Cl)c1. The molecular weight excluding hydrogens is 576 g/mol. The maximum atomic E-state index is 14.4. The molecule has 0 aliphatic heterocycles. The number of pyridine rings is 1. The van der Waals surface area contributed by atoms with Crippen LogP contribution in [0, 0.1) is 12.3 Å². The predicted molar refractivity (Wildman–Crippen MR) is 157 cm³/mol. The molecule has 1 aromatic heterocycles. The summed E-state index contributed by atoms with van der Waals surface area (Å²) in [5, 5.41) is 15.0. The molecule has 2 N–H and O–H groups in total. The second kappa shape index (κ2) is 9.76. The van der Waals surface area contributed by atoms with E-state index in [9.17, 15) is 14.7 Å². The van der Waals surface area contributed by atoms with Gasteiger partial charge >= 0.3 is 5.97 Å². The van der Waals surface area contributed by atoms with Crippen molar-refractivity contribution in [2.75, 3.05) is 0 Å². The van der Waals surface area contributed by atoms with Gasteiger partial charge in [-0.05, 0) is 80.5 Å². The first-order valence-electron chi connectivity index (χ1n) is 13.2. The highest BCUT2D eigenvalue weighted by Gasteiger charge is 2.58. The molecule has 2 bridgehead atoms. The Morgan fingerprint density at radius 3 is 2.44 bits per heavy atom. The van der Waals surface area contributed by atoms with Crippen LogP contribution >= 0.6 is 27.5 Å². The Kier molecular flexibility index (Phi) is 6.51. The lowest BCUT2D eigenvalue weighted by Crippen LogP contribution is -2.62. The molecule has 7 heteroatoms. The van der Waals surface area contributed by atoms with Crippen molar-refractivity contribution < 1.29 is 14.7 Å². The summed E-state index contributed by atoms with van der Waals surface area (Å²) in [5.41, 5.74) is 3.50. The number of rotatable bonds is 5. The summed E-state index contributed by atoms with van der Waals surface area (Å²) in [4.78, 5) is 31.7. The van der Waals surface area contributed by atoms with Crippen LogP contribution < -0.4 is 5.32 Å². The normalized spacial score (nSPS) is 24.0. The number of aliphatic carboxylic acids is 1. The van der Waals surface area contributed by atoms with Crippen molar-refractivity contribution in [3.63, 3.8) is 0 Å². The number of nitrogens with one attached hydrogen (secondary N) is 1. The Labute approximate surface area is 240 Å². The monoisotopic (exact) mass is 602 g/mol. The molecule has 1 atom stereocenters. The van der Waals surface area contributed by atoms with Crippen LogP contribution in [-0.2, 0) is 4.79 Å². The van der Waals surface area contributed by atoms with Crippen LogP contribution in [0.15, 0.2) is 77.3 Å². The van der Waals surface area contributed by atoms with Crippen molar-refractivity contribution in [1.82, 2.24) is 10.3 Å². The third-order valence-corrected chi connectivity index (χ3v) is 9.62. The molecule has 3 aliphatic rings. The first-order chi connectivity index (χ1) is 18.7. The predicted octanol–water partition coefficient (Wildman–Crippen LogP) is 7.93. The standard InChI is InChI=1S/C32H28BrClN2O3/c1-19-27(24-17-22(33)10-11-26(24)35-28(19)20-6-3-2-4-7-20)29(37)36-32-14-12-31(13-15-32,30(38)39)18-25(32)21-8-5-9-23(34)16-21/h2-11,16-17,25H,12-15,18H2,1H3,(H,36,37)(H,38,39)/t25-,31?,32?/m1/s1. The summed E-state index contributed by atoms with van der Waals surface area (Å²) in [5.74, 6) is -1.07. The quantitative estimate of drug-likeness (QED) is 0.243. The van der Waals surface area contributed by atoms with Crippen molar-refractivity contribution in [3.05, 3.63) is 99.0 Å². The molecular formula is C32H28BrClN2O3. The number of benzene rings is 3. The fraction of sp³-hybridized carbons (Fsp3) is 0.281. The molecule has 3 fully saturated rings. The molecule has 0 radical (unpaired) electrons. The number of carbonyl (C=O) groups is 2. The highest BCUT2D eigenvalue weighted by molar-refractivity contribution is 9.10. The summed E-state index contributed by atoms with van der Waals surface area (Å²) in [6, 6.07) is 23.3. The third kappa shape index (κ3) is 4.44. The van der Waals surface area contributed by atoms with Gasteiger partial charge in [-0.2, -0.15) is 0 Å². The average molecular weight is 604 g/mol. The summed E-state index contributed by atoms with van der Waals surface area (Å²) >= 11 is 9.94. The Hall–Kier alpha value is -3.22. The first kappa shape index (κ1) is 26.0. The Bertz CT molecular complexity index is 1610. The number of aromatic nitrogens is 1. The number of hydrogen-bond acceptors (Lipinski definition) is 3. The van der Waals surface area contributed by atoms with Crippen molar-refractivity contribution in [2.45, 2.75) is 50.5 Å². The minimum Gasteiger partial charge on any atom is -0.481 e. The summed E-state index contributed by atoms with van der Waals surface area (Å²) in [6.07, 6.45) is 2.74. The number of carboxylic acid groups (broad SMARTS) is 1. The second-order valence-electron chi connectivity index (χ2n) is 11.0. The number of carboxylic acids is 1. The minimum atomic E-state index is -0.774. The largest absolute Gasteiger partial charge is 0.481 e. The van der Waals surface area contributed by atoms with E-state index >= 15 is 0 Å². The number of carbonyl (C=O) groups excluding carboxylic acids is 1. The van der Waals surface area contributed by atoms with E-state index in [1.165, 1.54) is 0 Å². The molecule has 0 spiro atoms. The van der Waals surface area contributed by atoms with E-state index in [4.69, 9.17) is 16.6 Å². The molecule has 39 heavy (non-hydrogen) atoms. The van der Waals surface area contributed by atoms with E-state index in [0.29, 0.717) is 42.7 Å². The average Bonchev–Trinajstić information content (AvgIpc) is 2.93. The van der Waals surface area contributed by atoms with Crippen LogP contribution in [0.3, 0.4) is 0 Å². The lowest BCUT2D eigenvalue weighted by atomic mass is 9.51. The smallest absolute Gasteiger partial charge is 0.309 e. The lowest BCUT2D eigenvalue weighted by Gasteiger charge is -2.56. The van der Waals surface area contributed by atoms with Gasteiger partial charge in [0.15, 0.2) is 0 Å². The zero-order valence-corrected chi connectivity index (χ0v) is 23.8. The van der Waals surface area contributed by atoms with Crippen molar-refractivity contribution in [3.8, 4) is 11.3 Å². The van der Waals surface area contributed by atoms with E-state index in [1.54, 1.807) is 0 Å². The van der Waals surface area contributed by atoms with Crippen LogP contribution in [0.2, 0.25) is 5.02 Å². The van der Waals surface area contributed by atoms with Gasteiger partial charge in [-0.1, -0.05) is 70.0 Å². The van der Waals surface area contributed by atoms with Crippen LogP contribution in [-0.4, -0.2) is 27.5 Å². The molecule has 3 aliphatic carbocycles. The third-order valence-electron chi connectivity index (χ3n) is 8.89. The number of halogens is 2. The van der Waals surface area contributed by atoms with Gasteiger partial charge in [0.05, 0.1) is 22.2 Å². The van der Waals surface area contributed by atoms with Crippen molar-refractivity contribution in [1.29, 1.82) is 0 Å². The fourth-order valence-electron chi connectivity index (χ4n) is 6.78. The molecule has 4 aromatic rings. The topological polar surface area (TPSA) is 79.3 Å². The minimum absolute atomic E-state index is 0.160. The van der Waals surface area contributed by atoms with Crippen LogP contribution in [0.4, 0.5) is 0 Å². The molecule has 1 amide bonds. The maximum Gasteiger partial charge on any atom is 0.309 e. The van der Waals surface area contributed by atoms with Crippen molar-refractivity contribution in [2.24, 2.45) is 5.41 Å². The summed E-state index contributed by atoms with van der Waals surface area (Å²) < 4.78 is 0.870. The second-order valence-corrected chi connectivity index (χ2v) is 12.3. The molecule has 198 valence electrons. The molecule has 7 rings (SSSR count). The fourth-order valence-corrected chi connectivity index (χ4v) is 7.34. The van der Waals surface area contributed by atoms with Gasteiger partial charge in [0.25, 0.3) is 5.91 Å². The van der Waals surface area contributed by atoms with Gasteiger partial charge in [-0.25, -0.2) is 4.98 Å². The number of fused-ring (bicyclic) bond motifs is 4. The van der Waals surface area contributed by atoms with Gasteiger partial charge in [0.2, 0.25) is 0 Å². The molecule has 3 aromatic carbocycles. The Morgan fingerprint density at radius 1 is 1.00 bits per heavy atom. The van der Waals surface area contributed by atoms with Gasteiger partial charge in [-0.15, -0.1) is 0 Å². The Balaban J connectivity index is 1.47. The van der Waals surface area contributed by atoms with Gasteiger partial charge in [-0.3, -0.25) is 9.59 Å². The highest BCUT2D eigenvalue weighted by Crippen LogP contribution is 2.59. The van der Waals surface area contributed by atoms with Crippen LogP contribution in [0.25, 0.3) is 22.2 Å². The van der Waals surface area contributed by atoms with Gasteiger partial charge in [0, 0.05) is 31.9 Å². The van der Waals surface area contributed by atoms with Crippen molar-refractivity contribution >= 4 is 50.3 Å². The van der Waals surface area contributed by atoms with Crippen LogP contribution in [0.5, 0.6) is 0 Å². The molecule has 0 unspecified atom stereocenters. The highest BCUT2D eigenvalue weighted by atomic mass is 79.9. The number of hydrogen-bond donors (Lipinski definition) is 2. The zero-order valence-electron chi connectivity index (χ0n) is 21.5. The number of amides is 1. The lowest BCUT2D eigenvalue weighted by molar-refractivity contribution is -0.157. The van der Waals surface area contributed by atoms with Gasteiger partial charge in [0.1, 0.15) is 0 Å².